The van der Waals surface area contributed by atoms with Gasteiger partial charge < -0.3 is 28.4 Å². The van der Waals surface area contributed by atoms with E-state index in [0.29, 0.717) is 71.2 Å². The quantitative estimate of drug-likeness (QED) is 0.0846. The highest BCUT2D eigenvalue weighted by Crippen LogP contribution is 2.36. The van der Waals surface area contributed by atoms with Crippen LogP contribution in [0, 0.1) is 46.8 Å². The van der Waals surface area contributed by atoms with E-state index in [1.165, 1.54) is 26.7 Å². The zero-order chi connectivity index (χ0) is 57.7. The Kier molecular flexibility index (Phi) is 20.7. The third-order valence-corrected chi connectivity index (χ3v) is 16.6. The van der Waals surface area contributed by atoms with Gasteiger partial charge in [-0.1, -0.05) is 103 Å². The van der Waals surface area contributed by atoms with Crippen molar-refractivity contribution in [3.63, 3.8) is 0 Å². The van der Waals surface area contributed by atoms with E-state index in [1.54, 1.807) is 23.1 Å². The monoisotopic (exact) mass is 1170 g/mol. The van der Waals surface area contributed by atoms with Crippen molar-refractivity contribution < 1.29 is 28.7 Å². The molecule has 2 fully saturated rings. The first-order chi connectivity index (χ1) is 39.1. The van der Waals surface area contributed by atoms with E-state index in [2.05, 4.69) is 59.0 Å². The predicted octanol–water partition coefficient (Wildman–Crippen LogP) is 14.2. The highest BCUT2D eigenvalue weighted by atomic mass is 35.5. The largest absolute Gasteiger partial charge is 0.456 e. The van der Waals surface area contributed by atoms with Crippen LogP contribution in [-0.2, 0) is 54.8 Å². The summed E-state index contributed by atoms with van der Waals surface area (Å²) in [7, 11) is 0. The highest BCUT2D eigenvalue weighted by molar-refractivity contribution is 6.34. The lowest BCUT2D eigenvalue weighted by atomic mass is 9.82. The van der Waals surface area contributed by atoms with E-state index in [4.69, 9.17) is 71.1 Å². The van der Waals surface area contributed by atoms with E-state index in [1.807, 2.05) is 65.8 Å². The van der Waals surface area contributed by atoms with Crippen LogP contribution in [0.2, 0.25) is 20.1 Å². The number of nitrogens with zero attached hydrogens (tertiary/aromatic N) is 8. The Morgan fingerprint density at radius 2 is 0.988 bits per heavy atom. The van der Waals surface area contributed by atoms with Gasteiger partial charge in [0.2, 0.25) is 0 Å². The molecule has 4 heterocycles. The first kappa shape index (κ1) is 59.9. The van der Waals surface area contributed by atoms with Crippen molar-refractivity contribution in [1.82, 2.24) is 28.9 Å². The lowest BCUT2D eigenvalue weighted by molar-refractivity contribution is -0.151. The smallest absolute Gasteiger partial charge is 0.303 e. The topological polar surface area (TPSA) is 176 Å². The Bertz CT molecular complexity index is 3630. The molecular weight excluding hydrogens is 1110 g/mol. The standard InChI is InChI=1S/C31H30Cl2N4O3.C31H33Cl2N3O3.CHN/c1-20(38)40-19-31(39)36(16-22-8-6-21(14-34)7-9-22)18-25-13-27-26-4-2-3-5-29(26)37(30(27)15-35-25)17-23-12-24(32)10-11-28(23)33;1-20-7-9-22(10-8-20)16-35(31(38)19-39-21(2)37)18-25-14-27-26-5-3-4-6-29(26)36(30(27)15-34-25)17-23-13-24(32)11-12-28(23)33;1-2/h2-5,10-13,15,21-22H,6-9,16-19H2,1H3;3-6,11-15,20,22H,7-10,16-19H2,1-2H3;1H. The van der Waals surface area contributed by atoms with E-state index in [-0.39, 0.29) is 30.9 Å². The van der Waals surface area contributed by atoms with Gasteiger partial charge in [0.25, 0.3) is 11.8 Å². The molecule has 4 aromatic heterocycles. The van der Waals surface area contributed by atoms with E-state index in [0.717, 1.165) is 111 Å². The Morgan fingerprint density at radius 1 is 0.580 bits per heavy atom. The lowest BCUT2D eigenvalue weighted by Gasteiger charge is -2.31. The van der Waals surface area contributed by atoms with Gasteiger partial charge in [0.15, 0.2) is 13.2 Å². The number of amides is 2. The summed E-state index contributed by atoms with van der Waals surface area (Å²) in [6.45, 7) is 10.8. The number of esters is 2. The minimum atomic E-state index is -0.491. The number of carbonyl (C=O) groups excluding carboxylic acids is 4. The van der Waals surface area contributed by atoms with Crippen LogP contribution in [0.3, 0.4) is 0 Å². The van der Waals surface area contributed by atoms with Crippen LogP contribution in [0.25, 0.3) is 43.6 Å². The maximum Gasteiger partial charge on any atom is 0.303 e. The van der Waals surface area contributed by atoms with Gasteiger partial charge in [-0.15, -0.1) is 0 Å². The molecule has 14 nitrogen and oxygen atoms in total. The molecule has 2 amide bonds. The number of ether oxygens (including phenoxy) is 2. The van der Waals surface area contributed by atoms with Gasteiger partial charge in [-0.25, -0.2) is 5.26 Å². The van der Waals surface area contributed by atoms with Gasteiger partial charge in [-0.3, -0.25) is 29.1 Å². The van der Waals surface area contributed by atoms with Crippen molar-refractivity contribution in [2.75, 3.05) is 26.3 Å². The second kappa shape index (κ2) is 28.0. The van der Waals surface area contributed by atoms with Crippen LogP contribution in [0.4, 0.5) is 0 Å². The fourth-order valence-corrected chi connectivity index (χ4v) is 11.9. The third kappa shape index (κ3) is 15.2. The molecule has 18 heteroatoms. The zero-order valence-corrected chi connectivity index (χ0v) is 48.7. The number of carbonyl (C=O) groups is 4. The number of hydrogen-bond acceptors (Lipinski definition) is 10. The minimum Gasteiger partial charge on any atom is -0.456 e. The predicted molar refractivity (Wildman–Crippen MR) is 319 cm³/mol. The minimum absolute atomic E-state index is 0.0876. The van der Waals surface area contributed by atoms with Crippen LogP contribution < -0.4 is 0 Å². The van der Waals surface area contributed by atoms with Crippen molar-refractivity contribution in [2.45, 2.75) is 98.3 Å². The third-order valence-electron chi connectivity index (χ3n) is 15.4. The summed E-state index contributed by atoms with van der Waals surface area (Å²) in [5.74, 6) is 0.159. The van der Waals surface area contributed by atoms with E-state index < -0.39 is 11.9 Å². The van der Waals surface area contributed by atoms with Crippen LogP contribution in [0.15, 0.2) is 109 Å². The first-order valence-corrected chi connectivity index (χ1v) is 28.7. The molecular formula is C63H64Cl4N8O6. The van der Waals surface area contributed by atoms with Crippen molar-refractivity contribution in [3.05, 3.63) is 152 Å². The molecule has 2 aliphatic rings. The molecule has 4 aromatic carbocycles. The summed E-state index contributed by atoms with van der Waals surface area (Å²) in [6.07, 6.45) is 11.7. The van der Waals surface area contributed by atoms with Gasteiger partial charge in [-0.2, -0.15) is 5.26 Å². The fourth-order valence-electron chi connectivity index (χ4n) is 11.2. The number of fused-ring (bicyclic) bond motifs is 6. The van der Waals surface area contributed by atoms with Crippen LogP contribution in [-0.4, -0.2) is 79.0 Å². The van der Waals surface area contributed by atoms with Crippen LogP contribution in [0.5, 0.6) is 0 Å². The SMILES string of the molecule is C#N.CC(=O)OCC(=O)N(Cc1cc2c3ccccc3n(Cc3cc(Cl)ccc3Cl)c2cn1)CC1CCC(C#N)CC1.CC(=O)OCC(=O)N(Cc1cc2c3ccccc3n(Cc3cc(Cl)ccc3Cl)c2cn1)CC1CCC(C)CC1. The molecule has 420 valence electrons. The molecule has 2 saturated carbocycles. The van der Waals surface area contributed by atoms with Gasteiger partial charge in [-0.05, 0) is 128 Å². The first-order valence-electron chi connectivity index (χ1n) is 27.2. The lowest BCUT2D eigenvalue weighted by Crippen LogP contribution is -2.38. The van der Waals surface area contributed by atoms with Gasteiger partial charge in [0, 0.05) is 105 Å². The maximum absolute atomic E-state index is 13.1. The zero-order valence-electron chi connectivity index (χ0n) is 45.6. The summed E-state index contributed by atoms with van der Waals surface area (Å²) in [6, 6.07) is 33.8. The Morgan fingerprint density at radius 3 is 1.40 bits per heavy atom. The summed E-state index contributed by atoms with van der Waals surface area (Å²) >= 11 is 25.5. The maximum atomic E-state index is 13.1. The molecule has 0 bridgehead atoms. The summed E-state index contributed by atoms with van der Waals surface area (Å²) in [5, 5.41) is 22.6. The van der Waals surface area contributed by atoms with E-state index >= 15 is 0 Å². The number of aromatic nitrogens is 4. The average molecular weight is 1170 g/mol. The number of pyridine rings is 2. The Balaban J connectivity index is 0.000000206. The molecule has 0 radical (unpaired) electrons. The molecule has 0 unspecified atom stereocenters. The molecule has 0 atom stereocenters. The summed E-state index contributed by atoms with van der Waals surface area (Å²) in [4.78, 5) is 62.1. The van der Waals surface area contributed by atoms with Gasteiger partial charge in [0.05, 0.1) is 54.0 Å². The molecule has 0 saturated heterocycles. The molecule has 0 spiro atoms. The van der Waals surface area contributed by atoms with E-state index in [9.17, 15) is 24.4 Å². The molecule has 81 heavy (non-hydrogen) atoms. The summed E-state index contributed by atoms with van der Waals surface area (Å²) < 4.78 is 14.5. The molecule has 8 aromatic rings. The molecule has 0 aliphatic heterocycles. The number of rotatable bonds is 16. The molecule has 2 aliphatic carbocycles. The van der Waals surface area contributed by atoms with Crippen molar-refractivity contribution >= 4 is 114 Å². The number of para-hydroxylation sites is 2. The van der Waals surface area contributed by atoms with Crippen LogP contribution >= 0.6 is 46.4 Å². The second-order valence-corrected chi connectivity index (χ2v) is 22.8. The molecule has 0 N–H and O–H groups in total. The average Bonchev–Trinajstić information content (AvgIpc) is 4.09. The Labute approximate surface area is 492 Å². The van der Waals surface area contributed by atoms with Gasteiger partial charge in [0.1, 0.15) is 0 Å². The number of halogens is 4. The van der Waals surface area contributed by atoms with Crippen molar-refractivity contribution in [3.8, 4) is 12.6 Å². The molecule has 10 rings (SSSR count). The highest BCUT2D eigenvalue weighted by Gasteiger charge is 2.28. The fraction of sp³-hybridized carbons (Fsp3) is 0.365. The normalized spacial score (nSPS) is 16.8. The van der Waals surface area contributed by atoms with Crippen LogP contribution in [0.1, 0.15) is 94.7 Å². The van der Waals surface area contributed by atoms with Crippen molar-refractivity contribution in [1.29, 1.82) is 10.5 Å². The van der Waals surface area contributed by atoms with Crippen molar-refractivity contribution in [2.24, 2.45) is 23.7 Å². The Hall–Kier alpha value is -7.20. The second-order valence-electron chi connectivity index (χ2n) is 21.1. The number of nitriles is 2. The summed E-state index contributed by atoms with van der Waals surface area (Å²) in [5.41, 5.74) is 7.44. The number of hydrogen-bond donors (Lipinski definition) is 0. The van der Waals surface area contributed by atoms with Gasteiger partial charge >= 0.3 is 11.9 Å². The number of benzene rings is 4.